The number of methoxy groups -OCH3 is 1. The molecule has 0 bridgehead atoms. The normalized spacial score (nSPS) is 18.7. The number of urea groups is 1. The smallest absolute Gasteiger partial charge is 0.318 e. The molecule has 0 saturated carbocycles. The third-order valence-corrected chi connectivity index (χ3v) is 4.59. The first-order valence-electron chi connectivity index (χ1n) is 8.33. The van der Waals surface area contributed by atoms with Gasteiger partial charge in [0.2, 0.25) is 0 Å². The average molecular weight is 320 g/mol. The molecule has 0 fully saturated rings. The first-order valence-corrected chi connectivity index (χ1v) is 8.33. The molecule has 1 aliphatic rings. The molecule has 1 aromatic rings. The van der Waals surface area contributed by atoms with Crippen LogP contribution in [-0.4, -0.2) is 48.9 Å². The van der Waals surface area contributed by atoms with Gasteiger partial charge in [0.15, 0.2) is 0 Å². The van der Waals surface area contributed by atoms with Crippen LogP contribution in [0.5, 0.6) is 0 Å². The number of hydrogen-bond donors (Lipinski definition) is 2. The molecular weight excluding hydrogens is 292 g/mol. The maximum Gasteiger partial charge on any atom is 0.318 e. The van der Waals surface area contributed by atoms with E-state index >= 15 is 0 Å². The Morgan fingerprint density at radius 2 is 2.17 bits per heavy atom. The van der Waals surface area contributed by atoms with E-state index in [1.54, 1.807) is 12.0 Å². The first-order chi connectivity index (χ1) is 11.1. The van der Waals surface area contributed by atoms with Gasteiger partial charge in [0.1, 0.15) is 0 Å². The Balaban J connectivity index is 2.09. The Bertz CT molecular complexity index is 519. The van der Waals surface area contributed by atoms with Gasteiger partial charge in [-0.05, 0) is 29.9 Å². The van der Waals surface area contributed by atoms with Crippen LogP contribution in [0.15, 0.2) is 24.3 Å². The third-order valence-electron chi connectivity index (χ3n) is 4.59. The van der Waals surface area contributed by atoms with E-state index in [-0.39, 0.29) is 24.7 Å². The Kier molecular flexibility index (Phi) is 6.42. The van der Waals surface area contributed by atoms with Crippen LogP contribution >= 0.6 is 0 Å². The van der Waals surface area contributed by atoms with Crippen LogP contribution < -0.4 is 5.32 Å². The van der Waals surface area contributed by atoms with E-state index < -0.39 is 0 Å². The Morgan fingerprint density at radius 1 is 1.43 bits per heavy atom. The van der Waals surface area contributed by atoms with Crippen molar-refractivity contribution in [2.24, 2.45) is 5.92 Å². The minimum absolute atomic E-state index is 0.0607. The molecule has 0 aromatic heterocycles. The first kappa shape index (κ1) is 17.8. The van der Waals surface area contributed by atoms with Crippen LogP contribution in [0.4, 0.5) is 4.79 Å². The molecule has 0 radical (unpaired) electrons. The molecule has 0 aliphatic carbocycles. The van der Waals surface area contributed by atoms with E-state index in [2.05, 4.69) is 25.2 Å². The van der Waals surface area contributed by atoms with Crippen LogP contribution in [0.1, 0.15) is 37.4 Å². The van der Waals surface area contributed by atoms with Gasteiger partial charge < -0.3 is 20.1 Å². The van der Waals surface area contributed by atoms with Crippen molar-refractivity contribution >= 4 is 6.03 Å². The topological polar surface area (TPSA) is 61.8 Å². The summed E-state index contributed by atoms with van der Waals surface area (Å²) < 4.78 is 5.13. The summed E-state index contributed by atoms with van der Waals surface area (Å²) in [5.74, 6) is 0.332. The van der Waals surface area contributed by atoms with Crippen LogP contribution in [0.3, 0.4) is 0 Å². The van der Waals surface area contributed by atoms with Crippen molar-refractivity contribution in [3.05, 3.63) is 35.4 Å². The molecule has 0 unspecified atom stereocenters. The number of nitrogens with zero attached hydrogens (tertiary/aromatic N) is 1. The predicted octanol–water partition coefficient (Wildman–Crippen LogP) is 2.35. The van der Waals surface area contributed by atoms with Gasteiger partial charge in [-0.1, -0.05) is 38.1 Å². The number of carbonyl (C=O) groups excluding carboxylic acids is 1. The molecule has 1 aromatic carbocycles. The fourth-order valence-corrected chi connectivity index (χ4v) is 3.15. The van der Waals surface area contributed by atoms with Crippen molar-refractivity contribution in [3.8, 4) is 0 Å². The van der Waals surface area contributed by atoms with Gasteiger partial charge in [-0.15, -0.1) is 0 Å². The zero-order chi connectivity index (χ0) is 16.8. The molecule has 1 heterocycles. The van der Waals surface area contributed by atoms with Gasteiger partial charge in [0, 0.05) is 26.3 Å². The number of carbonyl (C=O) groups is 1. The highest BCUT2D eigenvalue weighted by Gasteiger charge is 2.31. The lowest BCUT2D eigenvalue weighted by Crippen LogP contribution is -2.51. The molecule has 2 rings (SSSR count). The van der Waals surface area contributed by atoms with E-state index in [0.717, 1.165) is 18.4 Å². The second-order valence-corrected chi connectivity index (χ2v) is 6.42. The van der Waals surface area contributed by atoms with Gasteiger partial charge in [-0.25, -0.2) is 4.79 Å². The van der Waals surface area contributed by atoms with E-state index in [9.17, 15) is 9.90 Å². The van der Waals surface area contributed by atoms with E-state index in [1.807, 2.05) is 18.2 Å². The summed E-state index contributed by atoms with van der Waals surface area (Å²) in [5.41, 5.74) is 2.27. The lowest BCUT2D eigenvalue weighted by atomic mass is 9.93. The van der Waals surface area contributed by atoms with Crippen LogP contribution in [0.25, 0.3) is 0 Å². The fourth-order valence-electron chi connectivity index (χ4n) is 3.15. The van der Waals surface area contributed by atoms with Crippen molar-refractivity contribution in [2.75, 3.05) is 26.9 Å². The predicted molar refractivity (Wildman–Crippen MR) is 90.3 cm³/mol. The van der Waals surface area contributed by atoms with Crippen molar-refractivity contribution in [2.45, 2.75) is 38.8 Å². The summed E-state index contributed by atoms with van der Waals surface area (Å²) in [6, 6.07) is 7.73. The van der Waals surface area contributed by atoms with Gasteiger partial charge in [-0.2, -0.15) is 0 Å². The average Bonchev–Trinajstić information content (AvgIpc) is 2.56. The van der Waals surface area contributed by atoms with Gasteiger partial charge >= 0.3 is 6.03 Å². The van der Waals surface area contributed by atoms with Crippen LogP contribution in [0.2, 0.25) is 0 Å². The zero-order valence-corrected chi connectivity index (χ0v) is 14.3. The lowest BCUT2D eigenvalue weighted by molar-refractivity contribution is 0.119. The molecule has 2 amide bonds. The lowest BCUT2D eigenvalue weighted by Gasteiger charge is -2.37. The van der Waals surface area contributed by atoms with E-state index in [0.29, 0.717) is 19.1 Å². The minimum Gasteiger partial charge on any atom is -0.394 e. The number of aliphatic hydroxyl groups excluding tert-OH is 1. The summed E-state index contributed by atoms with van der Waals surface area (Å²) in [6.07, 6.45) is 1.61. The van der Waals surface area contributed by atoms with Crippen LogP contribution in [0, 0.1) is 5.92 Å². The number of amides is 2. The van der Waals surface area contributed by atoms with Gasteiger partial charge in [0.25, 0.3) is 0 Å². The monoisotopic (exact) mass is 320 g/mol. The minimum atomic E-state index is -0.268. The number of nitrogens with one attached hydrogen (secondary N) is 1. The quantitative estimate of drug-likeness (QED) is 0.846. The SMILES string of the molecule is COCC[C@@H](NC(=O)N1CCc2ccccc2[C@@H]1CO)C(C)C. The number of fused-ring (bicyclic) bond motifs is 1. The fraction of sp³-hybridized carbons (Fsp3) is 0.611. The molecule has 0 saturated heterocycles. The van der Waals surface area contributed by atoms with Crippen molar-refractivity contribution in [3.63, 3.8) is 0 Å². The number of ether oxygens (including phenoxy) is 1. The molecule has 128 valence electrons. The highest BCUT2D eigenvalue weighted by molar-refractivity contribution is 5.75. The molecule has 0 spiro atoms. The second kappa shape index (κ2) is 8.31. The molecule has 5 nitrogen and oxygen atoms in total. The molecular formula is C18H28N2O3. The highest BCUT2D eigenvalue weighted by atomic mass is 16.5. The molecule has 1 aliphatic heterocycles. The highest BCUT2D eigenvalue weighted by Crippen LogP contribution is 2.29. The molecule has 23 heavy (non-hydrogen) atoms. The van der Waals surface area contributed by atoms with Crippen molar-refractivity contribution in [1.29, 1.82) is 0 Å². The number of rotatable bonds is 6. The third kappa shape index (κ3) is 4.24. The standard InChI is InChI=1S/C18H28N2O3/c1-13(2)16(9-11-23-3)19-18(22)20-10-8-14-6-4-5-7-15(14)17(20)12-21/h4-7,13,16-17,21H,8-12H2,1-3H3,(H,19,22)/t16-,17+/m1/s1. The number of benzene rings is 1. The van der Waals surface area contributed by atoms with Crippen LogP contribution in [-0.2, 0) is 11.2 Å². The summed E-state index contributed by atoms with van der Waals surface area (Å²) in [4.78, 5) is 14.5. The van der Waals surface area contributed by atoms with E-state index in [4.69, 9.17) is 4.74 Å². The van der Waals surface area contributed by atoms with Crippen molar-refractivity contribution in [1.82, 2.24) is 10.2 Å². The Labute approximate surface area is 138 Å². The maximum absolute atomic E-state index is 12.7. The van der Waals surface area contributed by atoms with E-state index in [1.165, 1.54) is 5.56 Å². The maximum atomic E-state index is 12.7. The zero-order valence-electron chi connectivity index (χ0n) is 14.3. The summed E-state index contributed by atoms with van der Waals surface area (Å²) in [6.45, 7) is 5.37. The van der Waals surface area contributed by atoms with Gasteiger partial charge in [-0.3, -0.25) is 0 Å². The Morgan fingerprint density at radius 3 is 2.83 bits per heavy atom. The number of aliphatic hydroxyl groups is 1. The summed E-state index contributed by atoms with van der Waals surface area (Å²) in [5, 5.41) is 12.9. The Hall–Kier alpha value is -1.59. The molecule has 5 heteroatoms. The van der Waals surface area contributed by atoms with Crippen molar-refractivity contribution < 1.29 is 14.6 Å². The molecule has 2 N–H and O–H groups in total. The van der Waals surface area contributed by atoms with Gasteiger partial charge in [0.05, 0.1) is 12.6 Å². The largest absolute Gasteiger partial charge is 0.394 e. The molecule has 2 atom stereocenters. The number of hydrogen-bond acceptors (Lipinski definition) is 3. The summed E-state index contributed by atoms with van der Waals surface area (Å²) >= 11 is 0. The summed E-state index contributed by atoms with van der Waals surface area (Å²) in [7, 11) is 1.67. The second-order valence-electron chi connectivity index (χ2n) is 6.42.